The number of halogens is 2. The van der Waals surface area contributed by atoms with Crippen molar-refractivity contribution < 1.29 is 0 Å². The Kier molecular flexibility index (Phi) is 4.14. The zero-order valence-corrected chi connectivity index (χ0v) is 12.9. The maximum Gasteiger partial charge on any atom is 0.101 e. The highest BCUT2D eigenvalue weighted by molar-refractivity contribution is 9.10. The average molecular weight is 336 g/mol. The Hall–Kier alpha value is -1.50. The molecule has 0 amide bonds. The topological polar surface area (TPSA) is 35.8 Å². The number of nitrogens with zero attached hydrogens (tertiary/aromatic N) is 1. The molecular formula is C15H12BrClN2. The quantitative estimate of drug-likeness (QED) is 0.804. The first-order chi connectivity index (χ1) is 9.01. The second-order valence-electron chi connectivity index (χ2n) is 4.35. The van der Waals surface area contributed by atoms with Crippen molar-refractivity contribution >= 4 is 38.9 Å². The van der Waals surface area contributed by atoms with E-state index < -0.39 is 0 Å². The summed E-state index contributed by atoms with van der Waals surface area (Å²) in [5.74, 6) is 0. The number of benzene rings is 2. The lowest BCUT2D eigenvalue weighted by Crippen LogP contribution is -1.95. The molecule has 0 heterocycles. The van der Waals surface area contributed by atoms with Crippen molar-refractivity contribution in [2.24, 2.45) is 0 Å². The van der Waals surface area contributed by atoms with Crippen molar-refractivity contribution in [1.82, 2.24) is 0 Å². The molecule has 0 saturated heterocycles. The number of hydrogen-bond donors (Lipinski definition) is 1. The van der Waals surface area contributed by atoms with Crippen LogP contribution in [-0.2, 0) is 0 Å². The molecule has 0 spiro atoms. The van der Waals surface area contributed by atoms with Crippen molar-refractivity contribution in [3.63, 3.8) is 0 Å². The lowest BCUT2D eigenvalue weighted by Gasteiger charge is -2.12. The summed E-state index contributed by atoms with van der Waals surface area (Å²) in [5.41, 5.74) is 4.52. The van der Waals surface area contributed by atoms with Gasteiger partial charge in [-0.1, -0.05) is 27.5 Å². The molecule has 0 fully saturated rings. The smallest absolute Gasteiger partial charge is 0.101 e. The van der Waals surface area contributed by atoms with Gasteiger partial charge in [0.1, 0.15) is 6.07 Å². The van der Waals surface area contributed by atoms with E-state index in [-0.39, 0.29) is 0 Å². The molecule has 0 unspecified atom stereocenters. The van der Waals surface area contributed by atoms with Crippen molar-refractivity contribution in [2.75, 3.05) is 5.32 Å². The fourth-order valence-electron chi connectivity index (χ4n) is 1.89. The first-order valence-electron chi connectivity index (χ1n) is 5.74. The van der Waals surface area contributed by atoms with Crippen LogP contribution in [0.4, 0.5) is 11.4 Å². The minimum absolute atomic E-state index is 0.572. The second-order valence-corrected chi connectivity index (χ2v) is 5.58. The Balaban J connectivity index is 2.42. The second kappa shape index (κ2) is 5.64. The van der Waals surface area contributed by atoms with Gasteiger partial charge in [0.15, 0.2) is 0 Å². The zero-order valence-electron chi connectivity index (χ0n) is 10.6. The summed E-state index contributed by atoms with van der Waals surface area (Å²) in [6.45, 7) is 4.07. The van der Waals surface area contributed by atoms with Gasteiger partial charge in [0, 0.05) is 15.2 Å². The van der Waals surface area contributed by atoms with E-state index in [1.807, 2.05) is 26.0 Å². The van der Waals surface area contributed by atoms with Crippen LogP contribution >= 0.6 is 27.5 Å². The molecule has 0 aliphatic heterocycles. The SMILES string of the molecule is Cc1cc(Nc2cc(Cl)ccc2C#N)cc(C)c1Br. The van der Waals surface area contributed by atoms with Gasteiger partial charge in [-0.25, -0.2) is 0 Å². The van der Waals surface area contributed by atoms with Gasteiger partial charge in [0.25, 0.3) is 0 Å². The van der Waals surface area contributed by atoms with Crippen LogP contribution in [0.1, 0.15) is 16.7 Å². The third kappa shape index (κ3) is 3.09. The van der Waals surface area contributed by atoms with Gasteiger partial charge in [-0.2, -0.15) is 5.26 Å². The summed E-state index contributed by atoms with van der Waals surface area (Å²) in [7, 11) is 0. The lowest BCUT2D eigenvalue weighted by atomic mass is 10.1. The van der Waals surface area contributed by atoms with Gasteiger partial charge in [-0.05, 0) is 55.3 Å². The molecule has 0 aromatic heterocycles. The maximum absolute atomic E-state index is 9.10. The summed E-state index contributed by atoms with van der Waals surface area (Å²) in [6.07, 6.45) is 0. The first-order valence-corrected chi connectivity index (χ1v) is 6.92. The first kappa shape index (κ1) is 13.9. The van der Waals surface area contributed by atoms with Gasteiger partial charge in [-0.15, -0.1) is 0 Å². The molecule has 0 bridgehead atoms. The van der Waals surface area contributed by atoms with Crippen LogP contribution in [-0.4, -0.2) is 0 Å². The van der Waals surface area contributed by atoms with Gasteiger partial charge in [-0.3, -0.25) is 0 Å². The molecule has 0 radical (unpaired) electrons. The predicted molar refractivity (Wildman–Crippen MR) is 83.1 cm³/mol. The van der Waals surface area contributed by atoms with E-state index in [0.29, 0.717) is 10.6 Å². The number of nitrogens with one attached hydrogen (secondary N) is 1. The van der Waals surface area contributed by atoms with Gasteiger partial charge in [0.05, 0.1) is 11.3 Å². The van der Waals surface area contributed by atoms with E-state index >= 15 is 0 Å². The Labute approximate surface area is 126 Å². The minimum Gasteiger partial charge on any atom is -0.354 e. The molecule has 96 valence electrons. The monoisotopic (exact) mass is 334 g/mol. The minimum atomic E-state index is 0.572. The molecule has 0 aliphatic rings. The molecular weight excluding hydrogens is 324 g/mol. The summed E-state index contributed by atoms with van der Waals surface area (Å²) < 4.78 is 1.10. The predicted octanol–water partition coefficient (Wildman–Crippen LogP) is 5.33. The van der Waals surface area contributed by atoms with Gasteiger partial charge < -0.3 is 5.32 Å². The van der Waals surface area contributed by atoms with E-state index in [4.69, 9.17) is 16.9 Å². The van der Waals surface area contributed by atoms with Crippen LogP contribution in [0.3, 0.4) is 0 Å². The zero-order chi connectivity index (χ0) is 14.0. The standard InChI is InChI=1S/C15H12BrClN2/c1-9-5-13(6-10(2)15(9)16)19-14-7-12(17)4-3-11(14)8-18/h3-7,19H,1-2H3. The van der Waals surface area contributed by atoms with E-state index in [9.17, 15) is 0 Å². The Morgan fingerprint density at radius 1 is 1.16 bits per heavy atom. The molecule has 19 heavy (non-hydrogen) atoms. The molecule has 2 aromatic rings. The highest BCUT2D eigenvalue weighted by Gasteiger charge is 2.06. The average Bonchev–Trinajstić information content (AvgIpc) is 2.36. The summed E-state index contributed by atoms with van der Waals surface area (Å²) in [5, 5.41) is 12.9. The third-order valence-electron chi connectivity index (χ3n) is 2.82. The van der Waals surface area contributed by atoms with Gasteiger partial charge >= 0.3 is 0 Å². The van der Waals surface area contributed by atoms with Gasteiger partial charge in [0.2, 0.25) is 0 Å². The van der Waals surface area contributed by atoms with Crippen LogP contribution in [0.5, 0.6) is 0 Å². The lowest BCUT2D eigenvalue weighted by molar-refractivity contribution is 1.33. The van der Waals surface area contributed by atoms with Crippen LogP contribution in [0.15, 0.2) is 34.8 Å². The molecule has 2 nitrogen and oxygen atoms in total. The number of hydrogen-bond acceptors (Lipinski definition) is 2. The Morgan fingerprint density at radius 2 is 1.79 bits per heavy atom. The Bertz CT molecular complexity index is 651. The fraction of sp³-hybridized carbons (Fsp3) is 0.133. The summed E-state index contributed by atoms with van der Waals surface area (Å²) in [6, 6.07) is 11.4. The molecule has 4 heteroatoms. The maximum atomic E-state index is 9.10. The van der Waals surface area contributed by atoms with E-state index in [2.05, 4.69) is 27.3 Å². The van der Waals surface area contributed by atoms with Crippen LogP contribution in [0.25, 0.3) is 0 Å². The molecule has 2 rings (SSSR count). The van der Waals surface area contributed by atoms with Crippen molar-refractivity contribution in [1.29, 1.82) is 5.26 Å². The summed E-state index contributed by atoms with van der Waals surface area (Å²) in [4.78, 5) is 0. The van der Waals surface area contributed by atoms with Crippen molar-refractivity contribution in [3.8, 4) is 6.07 Å². The molecule has 2 aromatic carbocycles. The number of aryl methyl sites for hydroxylation is 2. The molecule has 1 N–H and O–H groups in total. The van der Waals surface area contributed by atoms with Crippen LogP contribution < -0.4 is 5.32 Å². The number of rotatable bonds is 2. The normalized spacial score (nSPS) is 10.1. The highest BCUT2D eigenvalue weighted by Crippen LogP contribution is 2.29. The Morgan fingerprint density at radius 3 is 2.37 bits per heavy atom. The largest absolute Gasteiger partial charge is 0.354 e. The third-order valence-corrected chi connectivity index (χ3v) is 4.30. The van der Waals surface area contributed by atoms with Crippen molar-refractivity contribution in [2.45, 2.75) is 13.8 Å². The fourth-order valence-corrected chi connectivity index (χ4v) is 2.29. The van der Waals surface area contributed by atoms with Crippen molar-refractivity contribution in [3.05, 3.63) is 56.5 Å². The number of anilines is 2. The van der Waals surface area contributed by atoms with Crippen LogP contribution in [0, 0.1) is 25.2 Å². The van der Waals surface area contributed by atoms with E-state index in [1.165, 1.54) is 0 Å². The molecule has 0 atom stereocenters. The van der Waals surface area contributed by atoms with Crippen LogP contribution in [0.2, 0.25) is 5.02 Å². The summed E-state index contributed by atoms with van der Waals surface area (Å²) >= 11 is 9.51. The molecule has 0 saturated carbocycles. The number of nitriles is 1. The van der Waals surface area contributed by atoms with E-state index in [1.54, 1.807) is 18.2 Å². The highest BCUT2D eigenvalue weighted by atomic mass is 79.9. The van der Waals surface area contributed by atoms with E-state index in [0.717, 1.165) is 27.0 Å². The molecule has 0 aliphatic carbocycles.